The van der Waals surface area contributed by atoms with Gasteiger partial charge in [-0.2, -0.15) is 0 Å². The lowest BCUT2D eigenvalue weighted by molar-refractivity contribution is -0.303. The highest BCUT2D eigenvalue weighted by atomic mass is 16.7. The number of urea groups is 1. The van der Waals surface area contributed by atoms with Gasteiger partial charge in [0.1, 0.15) is 43.2 Å². The normalized spacial score (nSPS) is 21.6. The van der Waals surface area contributed by atoms with Gasteiger partial charge in [0.15, 0.2) is 12.1 Å². The summed E-state index contributed by atoms with van der Waals surface area (Å²) in [5, 5.41) is 64.7. The number of primary amides is 1. The molecule has 0 radical (unpaired) electrons. The maximum absolute atomic E-state index is 14.0. The summed E-state index contributed by atoms with van der Waals surface area (Å²) < 4.78 is 28.8. The third-order valence-corrected chi connectivity index (χ3v) is 19.0. The number of nitrogens with two attached hydrogens (primary N) is 1. The zero-order chi connectivity index (χ0) is 68.3. The van der Waals surface area contributed by atoms with Crippen LogP contribution in [0.2, 0.25) is 0 Å². The van der Waals surface area contributed by atoms with E-state index < -0.39 is 104 Å². The molecular weight excluding hydrogens is 1200 g/mol. The maximum Gasteiger partial charge on any atom is 0.407 e. The van der Waals surface area contributed by atoms with E-state index in [2.05, 4.69) is 47.0 Å². The predicted octanol–water partition coefficient (Wildman–Crippen LogP) is 11.9. The average molecular weight is 1330 g/mol. The van der Waals surface area contributed by atoms with Crippen LogP contribution in [0.25, 0.3) is 0 Å². The molecule has 3 aliphatic rings. The molecule has 11 N–H and O–H groups in total. The summed E-state index contributed by atoms with van der Waals surface area (Å²) in [6.07, 6.45) is 22.9. The van der Waals surface area contributed by atoms with E-state index in [1.807, 2.05) is 0 Å². The summed E-state index contributed by atoms with van der Waals surface area (Å²) in [7, 11) is 0. The molecule has 1 saturated heterocycles. The zero-order valence-electron chi connectivity index (χ0n) is 57.7. The number of hydrogen-bond donors (Lipinski definition) is 10. The molecule has 1 aromatic rings. The van der Waals surface area contributed by atoms with E-state index in [4.69, 9.17) is 29.4 Å². The van der Waals surface area contributed by atoms with E-state index in [9.17, 15) is 54.3 Å². The number of ketones is 1. The number of benzene rings is 1. The van der Waals surface area contributed by atoms with E-state index in [0.717, 1.165) is 77.0 Å². The number of Topliss-reactive ketones (excluding diaryl/α,β-unsaturated/α-hetero) is 1. The monoisotopic (exact) mass is 1330 g/mol. The summed E-state index contributed by atoms with van der Waals surface area (Å²) in [4.78, 5) is 79.9. The van der Waals surface area contributed by atoms with Gasteiger partial charge < -0.3 is 76.2 Å². The van der Waals surface area contributed by atoms with Crippen molar-refractivity contribution >= 4 is 41.6 Å². The minimum atomic E-state index is -1.77. The molecule has 2 fully saturated rings. The van der Waals surface area contributed by atoms with Gasteiger partial charge in [0.25, 0.3) is 0 Å². The first-order valence-corrected chi connectivity index (χ1v) is 36.5. The van der Waals surface area contributed by atoms with Gasteiger partial charge in [-0.1, -0.05) is 200 Å². The van der Waals surface area contributed by atoms with Crippen molar-refractivity contribution in [2.75, 3.05) is 31.7 Å². The first-order chi connectivity index (χ1) is 45.5. The highest BCUT2D eigenvalue weighted by Crippen LogP contribution is 2.52. The number of anilines is 1. The second kappa shape index (κ2) is 48.6. The molecule has 1 heterocycles. The summed E-state index contributed by atoms with van der Waals surface area (Å²) in [5.74, 6) is 5.09. The molecule has 0 bridgehead atoms. The molecule has 21 heteroatoms. The largest absolute Gasteiger partial charge is 0.460 e. The molecule has 0 aromatic heterocycles. The van der Waals surface area contributed by atoms with E-state index in [1.54, 1.807) is 38.1 Å². The molecule has 5 amide bonds. The summed E-state index contributed by atoms with van der Waals surface area (Å²) >= 11 is 0. The molecule has 0 spiro atoms. The van der Waals surface area contributed by atoms with E-state index in [0.29, 0.717) is 42.3 Å². The lowest BCUT2D eigenvalue weighted by atomic mass is 9.89. The van der Waals surface area contributed by atoms with Gasteiger partial charge in [0, 0.05) is 43.8 Å². The number of alkyl carbamates (subject to hydrolysis) is 2. The van der Waals surface area contributed by atoms with Crippen LogP contribution in [-0.2, 0) is 44.7 Å². The van der Waals surface area contributed by atoms with Crippen LogP contribution < -0.4 is 27.0 Å². The molecule has 1 saturated carbocycles. The second-order valence-corrected chi connectivity index (χ2v) is 27.1. The quantitative estimate of drug-likeness (QED) is 0.0125. The minimum Gasteiger partial charge on any atom is -0.460 e. The van der Waals surface area contributed by atoms with Crippen LogP contribution in [0, 0.1) is 41.4 Å². The van der Waals surface area contributed by atoms with Gasteiger partial charge in [-0.05, 0) is 86.3 Å². The predicted molar refractivity (Wildman–Crippen MR) is 363 cm³/mol. The van der Waals surface area contributed by atoms with E-state index in [1.165, 1.54) is 109 Å². The second-order valence-electron chi connectivity index (χ2n) is 27.1. The summed E-state index contributed by atoms with van der Waals surface area (Å²) in [5.41, 5.74) is 6.16. The first-order valence-electron chi connectivity index (χ1n) is 36.5. The Labute approximate surface area is 562 Å². The van der Waals surface area contributed by atoms with Crippen LogP contribution in [-0.4, -0.2) is 143 Å². The van der Waals surface area contributed by atoms with E-state index in [-0.39, 0.29) is 63.1 Å². The number of carbonyl (C=O) groups excluding carboxylic acids is 6. The van der Waals surface area contributed by atoms with Crippen molar-refractivity contribution in [2.45, 2.75) is 320 Å². The standard InChI is InChI=1S/C73H123N5O16/c1-5-7-9-11-13-15-17-19-20-21-23-25-27-29-35-41-63(81)93-61(40-34-28-26-24-22-18-16-14-12-10-8-6-2)65(82)59(51-90-70-68(85)67(84)66(83)62(48-79)94-70)77-72(88)91-49-53-42-44-55(45-43-53)76-69(86)54(37-36-46-75-71(74)87)47-60(80)64(52(3)4)78-73(89)92-50-58-56-38-32-30-31-33-39-57(56)58/h42-45,52,54,56-59,61-62,64-68,70,79,82-85H,5-29,32-41,46-51H2,1-4H3,(H,76,86)(H,77,88)(H,78,89)(H3,74,75,87)/t54-,56-,57+,58?,59+,61-,62?,64+,65+,66+,67+,68?,70+/m1/s1. The Balaban J connectivity index is 1.39. The molecule has 21 nitrogen and oxygen atoms in total. The van der Waals surface area contributed by atoms with Crippen LogP contribution in [0.4, 0.5) is 20.1 Å². The summed E-state index contributed by atoms with van der Waals surface area (Å²) in [6, 6.07) is 3.43. The Morgan fingerprint density at radius 2 is 1.17 bits per heavy atom. The van der Waals surface area contributed by atoms with Crippen molar-refractivity contribution < 1.29 is 78.0 Å². The fourth-order valence-corrected chi connectivity index (χ4v) is 13.0. The molecule has 2 aliphatic carbocycles. The lowest BCUT2D eigenvalue weighted by Gasteiger charge is -2.40. The van der Waals surface area contributed by atoms with Crippen LogP contribution in [0.5, 0.6) is 0 Å². The van der Waals surface area contributed by atoms with Crippen molar-refractivity contribution in [1.82, 2.24) is 16.0 Å². The molecule has 4 rings (SSSR count). The Morgan fingerprint density at radius 1 is 0.649 bits per heavy atom. The Kier molecular flexibility index (Phi) is 42.1. The van der Waals surface area contributed by atoms with Crippen molar-refractivity contribution in [3.63, 3.8) is 0 Å². The first kappa shape index (κ1) is 81.3. The fraction of sp³-hybridized carbons (Fsp3) is 0.808. The number of ether oxygens (including phenoxy) is 5. The third-order valence-electron chi connectivity index (χ3n) is 19.0. The van der Waals surface area contributed by atoms with Crippen molar-refractivity contribution in [3.8, 4) is 11.8 Å². The van der Waals surface area contributed by atoms with Crippen molar-refractivity contribution in [2.24, 2.45) is 35.3 Å². The highest BCUT2D eigenvalue weighted by Gasteiger charge is 2.49. The SMILES string of the molecule is CCCCCCCCCCCCCCCCCC(=O)O[C@H](CCCCCCCCCCCCCC)[C@@H](O)[C@H](CO[C@H]1OC(CO)[C@H](O)[C@H](O)C1O)NC(=O)OCc1ccc(NC(=O)[C@H](CCCNC(N)=O)CC(=O)[C@@H](NC(=O)OCC2[C@H]3CCC#CCC[C@@H]23)C(C)C)cc1. The molecule has 94 heavy (non-hydrogen) atoms. The Bertz CT molecular complexity index is 2320. The highest BCUT2D eigenvalue weighted by molar-refractivity contribution is 5.97. The number of aliphatic hydroxyl groups is 5. The van der Waals surface area contributed by atoms with Gasteiger partial charge >= 0.3 is 24.2 Å². The molecule has 1 aliphatic heterocycles. The summed E-state index contributed by atoms with van der Waals surface area (Å²) in [6.45, 7) is 6.95. The van der Waals surface area contributed by atoms with Gasteiger partial charge in [-0.15, -0.1) is 11.8 Å². The third kappa shape index (κ3) is 33.2. The molecular formula is C73H123N5O16. The number of unbranched alkanes of at least 4 members (excludes halogenated alkanes) is 25. The van der Waals surface area contributed by atoms with Crippen molar-refractivity contribution in [3.05, 3.63) is 29.8 Å². The number of esters is 1. The van der Waals surface area contributed by atoms with Gasteiger partial charge in [-0.3, -0.25) is 14.4 Å². The lowest BCUT2D eigenvalue weighted by Crippen LogP contribution is -2.60. The van der Waals surface area contributed by atoms with E-state index >= 15 is 0 Å². The van der Waals surface area contributed by atoms with Crippen molar-refractivity contribution in [1.29, 1.82) is 0 Å². The smallest absolute Gasteiger partial charge is 0.407 e. The number of nitrogens with one attached hydrogen (secondary N) is 4. The fourth-order valence-electron chi connectivity index (χ4n) is 13.0. The van der Waals surface area contributed by atoms with Crippen LogP contribution in [0.1, 0.15) is 264 Å². The number of amides is 5. The number of fused-ring (bicyclic) bond motifs is 1. The zero-order valence-corrected chi connectivity index (χ0v) is 57.7. The molecule has 13 atom stereocenters. The minimum absolute atomic E-state index is 0.147. The van der Waals surface area contributed by atoms with Gasteiger partial charge in [0.2, 0.25) is 5.91 Å². The Hall–Kier alpha value is -5.08. The molecule has 536 valence electrons. The van der Waals surface area contributed by atoms with Gasteiger partial charge in [0.05, 0.1) is 31.9 Å². The van der Waals surface area contributed by atoms with Gasteiger partial charge in [-0.25, -0.2) is 14.4 Å². The van der Waals surface area contributed by atoms with Crippen LogP contribution >= 0.6 is 0 Å². The molecule has 1 aromatic carbocycles. The number of hydrogen-bond acceptors (Lipinski definition) is 16. The van der Waals surface area contributed by atoms with Crippen LogP contribution in [0.15, 0.2) is 24.3 Å². The molecule has 3 unspecified atom stereocenters. The average Bonchev–Trinajstić information content (AvgIpc) is 1.61. The Morgan fingerprint density at radius 3 is 1.69 bits per heavy atom. The topological polar surface area (TPSA) is 324 Å². The number of aliphatic hydroxyl groups excluding tert-OH is 5. The number of carbonyl (C=O) groups is 6. The number of rotatable bonds is 52. The van der Waals surface area contributed by atoms with Crippen LogP contribution in [0.3, 0.4) is 0 Å². The maximum atomic E-state index is 14.0.